The summed E-state index contributed by atoms with van der Waals surface area (Å²) in [5.41, 5.74) is 3.66. The molecule has 0 unspecified atom stereocenters. The topological polar surface area (TPSA) is 82.1 Å². The van der Waals surface area contributed by atoms with Gasteiger partial charge >= 0.3 is 0 Å². The summed E-state index contributed by atoms with van der Waals surface area (Å²) < 4.78 is 15.1. The van der Waals surface area contributed by atoms with Crippen molar-refractivity contribution in [3.05, 3.63) is 52.9 Å². The number of halogens is 1. The largest absolute Gasteiger partial charge is 0.357 e. The number of nitrogens with one attached hydrogen (secondary N) is 1. The maximum Gasteiger partial charge on any atom is 0.189 e. The predicted octanol–water partition coefficient (Wildman–Crippen LogP) is 5.16. The van der Waals surface area contributed by atoms with Crippen molar-refractivity contribution >= 4 is 33.6 Å². The molecule has 4 aromatic rings. The second-order valence-corrected chi connectivity index (χ2v) is 8.72. The molecule has 9 heteroatoms. The summed E-state index contributed by atoms with van der Waals surface area (Å²) in [6, 6.07) is 10.2. The molecule has 0 atom stereocenters. The van der Waals surface area contributed by atoms with E-state index in [1.807, 2.05) is 19.2 Å². The second-order valence-electron chi connectivity index (χ2n) is 7.72. The van der Waals surface area contributed by atoms with E-state index in [1.54, 1.807) is 16.6 Å². The number of hydrogen-bond acceptors (Lipinski definition) is 7. The Kier molecular flexibility index (Phi) is 5.45. The van der Waals surface area contributed by atoms with Gasteiger partial charge in [-0.3, -0.25) is 0 Å². The van der Waals surface area contributed by atoms with Crippen molar-refractivity contribution in [1.29, 1.82) is 5.26 Å². The fourth-order valence-electron chi connectivity index (χ4n) is 4.00. The van der Waals surface area contributed by atoms with Crippen LogP contribution in [0.4, 0.5) is 21.0 Å². The monoisotopic (exact) mass is 447 g/mol. The van der Waals surface area contributed by atoms with E-state index in [9.17, 15) is 9.65 Å². The Labute approximate surface area is 189 Å². The van der Waals surface area contributed by atoms with E-state index in [0.29, 0.717) is 21.3 Å². The zero-order valence-electron chi connectivity index (χ0n) is 17.7. The lowest BCUT2D eigenvalue weighted by Gasteiger charge is -2.27. The number of nitriles is 1. The number of aromatic nitrogens is 4. The molecule has 3 aromatic heterocycles. The first-order valence-corrected chi connectivity index (χ1v) is 11.5. The van der Waals surface area contributed by atoms with Gasteiger partial charge in [0.1, 0.15) is 34.0 Å². The molecule has 1 fully saturated rings. The molecule has 0 bridgehead atoms. The van der Waals surface area contributed by atoms with Crippen molar-refractivity contribution in [2.24, 2.45) is 0 Å². The lowest BCUT2D eigenvalue weighted by molar-refractivity contribution is 0.573. The molecule has 5 rings (SSSR count). The van der Waals surface area contributed by atoms with E-state index in [2.05, 4.69) is 26.4 Å². The number of rotatable bonds is 5. The highest BCUT2D eigenvalue weighted by Gasteiger charge is 2.20. The number of aryl methyl sites for hydroxylation is 1. The van der Waals surface area contributed by atoms with Gasteiger partial charge in [0.2, 0.25) is 0 Å². The van der Waals surface area contributed by atoms with E-state index in [1.165, 1.54) is 42.7 Å². The highest BCUT2D eigenvalue weighted by Crippen LogP contribution is 2.34. The molecule has 1 aliphatic heterocycles. The lowest BCUT2D eigenvalue weighted by atomic mass is 10.1. The standard InChI is InChI=1S/C23H22FN7S/c1-2-17-21(22-26-19(10-13-31(22)29-17)30-11-4-3-5-12-30)28-23-27-20(18(14-25)32-23)15-6-8-16(24)9-7-15/h6-10,13H,2-5,11-12H2,1H3,(H,27,28). The molecule has 1 saturated heterocycles. The number of anilines is 3. The van der Waals surface area contributed by atoms with Crippen LogP contribution in [0.5, 0.6) is 0 Å². The molecule has 0 aliphatic carbocycles. The van der Waals surface area contributed by atoms with Crippen molar-refractivity contribution in [3.8, 4) is 17.3 Å². The minimum Gasteiger partial charge on any atom is -0.357 e. The first-order valence-electron chi connectivity index (χ1n) is 10.7. The summed E-state index contributed by atoms with van der Waals surface area (Å²) in [7, 11) is 0. The van der Waals surface area contributed by atoms with Crippen LogP contribution in [0.25, 0.3) is 16.9 Å². The third-order valence-corrected chi connectivity index (χ3v) is 6.51. The predicted molar refractivity (Wildman–Crippen MR) is 124 cm³/mol. The van der Waals surface area contributed by atoms with Crippen molar-refractivity contribution in [3.63, 3.8) is 0 Å². The molecular weight excluding hydrogens is 425 g/mol. The number of benzene rings is 1. The third kappa shape index (κ3) is 3.78. The van der Waals surface area contributed by atoms with Crippen LogP contribution in [-0.4, -0.2) is 32.7 Å². The molecular formula is C23H22FN7S. The van der Waals surface area contributed by atoms with Gasteiger partial charge in [-0.15, -0.1) is 0 Å². The summed E-state index contributed by atoms with van der Waals surface area (Å²) in [4.78, 5) is 12.3. The molecule has 32 heavy (non-hydrogen) atoms. The number of thiazole rings is 1. The van der Waals surface area contributed by atoms with Crippen molar-refractivity contribution in [1.82, 2.24) is 19.6 Å². The van der Waals surface area contributed by atoms with Gasteiger partial charge < -0.3 is 10.2 Å². The van der Waals surface area contributed by atoms with Crippen LogP contribution in [0.15, 0.2) is 36.5 Å². The van der Waals surface area contributed by atoms with Crippen LogP contribution in [0.3, 0.4) is 0 Å². The van der Waals surface area contributed by atoms with Gasteiger partial charge in [-0.05, 0) is 56.0 Å². The van der Waals surface area contributed by atoms with Crippen molar-refractivity contribution in [2.45, 2.75) is 32.6 Å². The van der Waals surface area contributed by atoms with Gasteiger partial charge in [-0.2, -0.15) is 10.4 Å². The van der Waals surface area contributed by atoms with Crippen LogP contribution in [0.2, 0.25) is 0 Å². The summed E-state index contributed by atoms with van der Waals surface area (Å²) in [6.45, 7) is 4.07. The quantitative estimate of drug-likeness (QED) is 0.455. The molecule has 1 aromatic carbocycles. The Morgan fingerprint density at radius 2 is 1.91 bits per heavy atom. The van der Waals surface area contributed by atoms with Crippen molar-refractivity contribution < 1.29 is 4.39 Å². The summed E-state index contributed by atoms with van der Waals surface area (Å²) in [5, 5.41) is 18.2. The highest BCUT2D eigenvalue weighted by atomic mass is 32.1. The zero-order valence-corrected chi connectivity index (χ0v) is 18.5. The van der Waals surface area contributed by atoms with Gasteiger partial charge in [-0.25, -0.2) is 18.9 Å². The molecule has 0 radical (unpaired) electrons. The van der Waals surface area contributed by atoms with E-state index in [-0.39, 0.29) is 5.82 Å². The second kappa shape index (κ2) is 8.55. The number of piperidine rings is 1. The van der Waals surface area contributed by atoms with Gasteiger partial charge in [0.05, 0.1) is 5.69 Å². The normalized spacial score (nSPS) is 14.0. The molecule has 4 heterocycles. The number of fused-ring (bicyclic) bond motifs is 1. The van der Waals surface area contributed by atoms with Crippen LogP contribution in [0, 0.1) is 17.1 Å². The Morgan fingerprint density at radius 1 is 1.12 bits per heavy atom. The fraction of sp³-hybridized carbons (Fsp3) is 0.304. The van der Waals surface area contributed by atoms with Gasteiger partial charge in [0.15, 0.2) is 10.8 Å². The average Bonchev–Trinajstić information content (AvgIpc) is 3.41. The molecule has 1 aliphatic rings. The van der Waals surface area contributed by atoms with Gasteiger partial charge in [-0.1, -0.05) is 18.3 Å². The van der Waals surface area contributed by atoms with E-state index < -0.39 is 0 Å². The van der Waals surface area contributed by atoms with Crippen LogP contribution >= 0.6 is 11.3 Å². The Balaban J connectivity index is 1.53. The molecule has 1 N–H and O–H groups in total. The number of nitrogens with zero attached hydrogens (tertiary/aromatic N) is 6. The summed E-state index contributed by atoms with van der Waals surface area (Å²) >= 11 is 1.26. The first-order chi connectivity index (χ1) is 15.7. The molecule has 0 amide bonds. The van der Waals surface area contributed by atoms with Gasteiger partial charge in [0.25, 0.3) is 0 Å². The molecule has 162 valence electrons. The first kappa shape index (κ1) is 20.4. The van der Waals surface area contributed by atoms with Crippen LogP contribution in [-0.2, 0) is 6.42 Å². The number of hydrogen-bond donors (Lipinski definition) is 1. The van der Waals surface area contributed by atoms with E-state index in [0.717, 1.165) is 42.4 Å². The summed E-state index contributed by atoms with van der Waals surface area (Å²) in [5.74, 6) is 0.627. The maximum atomic E-state index is 13.3. The zero-order chi connectivity index (χ0) is 22.1. The molecule has 0 spiro atoms. The smallest absolute Gasteiger partial charge is 0.189 e. The highest BCUT2D eigenvalue weighted by molar-refractivity contribution is 7.16. The van der Waals surface area contributed by atoms with Crippen molar-refractivity contribution in [2.75, 3.05) is 23.3 Å². The SMILES string of the molecule is CCc1nn2ccc(N3CCCCC3)nc2c1Nc1nc(-c2ccc(F)cc2)c(C#N)s1. The molecule has 0 saturated carbocycles. The minimum atomic E-state index is -0.324. The Hall–Kier alpha value is -3.51. The van der Waals surface area contributed by atoms with Crippen LogP contribution < -0.4 is 10.2 Å². The Bertz CT molecular complexity index is 1300. The average molecular weight is 448 g/mol. The third-order valence-electron chi connectivity index (χ3n) is 5.64. The summed E-state index contributed by atoms with van der Waals surface area (Å²) in [6.07, 6.45) is 6.30. The van der Waals surface area contributed by atoms with Gasteiger partial charge in [0, 0.05) is 24.8 Å². The molecule has 7 nitrogen and oxygen atoms in total. The fourth-order valence-corrected chi connectivity index (χ4v) is 4.79. The van der Waals surface area contributed by atoms with Crippen LogP contribution in [0.1, 0.15) is 36.8 Å². The lowest BCUT2D eigenvalue weighted by Crippen LogP contribution is -2.30. The maximum absolute atomic E-state index is 13.3. The van der Waals surface area contributed by atoms with E-state index >= 15 is 0 Å². The minimum absolute atomic E-state index is 0.324. The Morgan fingerprint density at radius 3 is 2.62 bits per heavy atom. The van der Waals surface area contributed by atoms with E-state index in [4.69, 9.17) is 4.98 Å².